The highest BCUT2D eigenvalue weighted by molar-refractivity contribution is 6.02. The lowest BCUT2D eigenvalue weighted by Gasteiger charge is -2.11. The van der Waals surface area contributed by atoms with Gasteiger partial charge >= 0.3 is 0 Å². The van der Waals surface area contributed by atoms with Gasteiger partial charge in [-0.2, -0.15) is 0 Å². The second-order valence-corrected chi connectivity index (χ2v) is 5.72. The summed E-state index contributed by atoms with van der Waals surface area (Å²) in [4.78, 5) is 15.7. The van der Waals surface area contributed by atoms with E-state index in [9.17, 15) is 4.79 Å². The third-order valence-electron chi connectivity index (χ3n) is 4.22. The summed E-state index contributed by atoms with van der Waals surface area (Å²) >= 11 is 0. The topological polar surface area (TPSA) is 32.9 Å². The first kappa shape index (κ1) is 13.2. The first-order chi connectivity index (χ1) is 9.75. The van der Waals surface area contributed by atoms with Crippen LogP contribution in [0.4, 0.5) is 0 Å². The molecule has 0 saturated heterocycles. The lowest BCUT2D eigenvalue weighted by Crippen LogP contribution is -2.05. The van der Waals surface area contributed by atoms with Gasteiger partial charge in [0, 0.05) is 28.6 Å². The van der Waals surface area contributed by atoms with Crippen molar-refractivity contribution in [2.45, 2.75) is 45.4 Å². The average Bonchev–Trinajstić information content (AvgIpc) is 2.74. The minimum Gasteiger partial charge on any atom is -0.358 e. The van der Waals surface area contributed by atoms with E-state index >= 15 is 0 Å². The van der Waals surface area contributed by atoms with Crippen molar-refractivity contribution >= 4 is 22.8 Å². The van der Waals surface area contributed by atoms with Gasteiger partial charge in [-0.25, -0.2) is 0 Å². The first-order valence-corrected chi connectivity index (χ1v) is 7.57. The molecule has 1 aliphatic rings. The molecule has 2 nitrogen and oxygen atoms in total. The number of aromatic amines is 1. The van der Waals surface area contributed by atoms with E-state index in [0.717, 1.165) is 36.0 Å². The fraction of sp³-hybridized carbons (Fsp3) is 0.389. The fourth-order valence-electron chi connectivity index (χ4n) is 3.07. The molecule has 1 fully saturated rings. The molecule has 0 amide bonds. The zero-order chi connectivity index (χ0) is 13.9. The molecule has 1 aromatic heterocycles. The van der Waals surface area contributed by atoms with Gasteiger partial charge in [0.1, 0.15) is 0 Å². The molecule has 0 bridgehead atoms. The summed E-state index contributed by atoms with van der Waals surface area (Å²) in [6.07, 6.45) is 8.40. The molecule has 1 heterocycles. The monoisotopic (exact) mass is 267 g/mol. The van der Waals surface area contributed by atoms with Crippen LogP contribution in [0.3, 0.4) is 0 Å². The van der Waals surface area contributed by atoms with Gasteiger partial charge in [-0.15, -0.1) is 0 Å². The molecular weight excluding hydrogens is 246 g/mol. The average molecular weight is 267 g/mol. The molecule has 1 saturated carbocycles. The molecule has 1 aromatic carbocycles. The number of Topliss-reactive ketones (excluding diaryl/α,β-unsaturated/α-hetero) is 1. The first-order valence-electron chi connectivity index (χ1n) is 7.57. The number of carbonyl (C=O) groups excluding carboxylic acids is 1. The van der Waals surface area contributed by atoms with Crippen molar-refractivity contribution in [2.75, 3.05) is 0 Å². The minimum atomic E-state index is 0.342. The van der Waals surface area contributed by atoms with Crippen LogP contribution in [0.15, 0.2) is 29.8 Å². The maximum Gasteiger partial charge on any atom is 0.158 e. The van der Waals surface area contributed by atoms with E-state index in [1.807, 2.05) is 6.07 Å². The Labute approximate surface area is 119 Å². The SMILES string of the molecule is Cc1[nH]c2ccccc2c1C=C1CCCCCCC1=O. The van der Waals surface area contributed by atoms with Crippen molar-refractivity contribution in [3.8, 4) is 0 Å². The Morgan fingerprint density at radius 2 is 1.80 bits per heavy atom. The number of rotatable bonds is 1. The maximum absolute atomic E-state index is 12.3. The van der Waals surface area contributed by atoms with Crippen LogP contribution in [-0.2, 0) is 4.79 Å². The predicted octanol–water partition coefficient (Wildman–Crippen LogP) is 4.78. The molecule has 0 aliphatic heterocycles. The highest BCUT2D eigenvalue weighted by Crippen LogP contribution is 2.27. The van der Waals surface area contributed by atoms with E-state index < -0.39 is 0 Å². The van der Waals surface area contributed by atoms with Gasteiger partial charge in [-0.1, -0.05) is 31.0 Å². The maximum atomic E-state index is 12.3. The van der Waals surface area contributed by atoms with Crippen LogP contribution in [0.2, 0.25) is 0 Å². The van der Waals surface area contributed by atoms with Crippen LogP contribution >= 0.6 is 0 Å². The molecule has 0 spiro atoms. The van der Waals surface area contributed by atoms with Crippen LogP contribution < -0.4 is 0 Å². The number of H-pyrrole nitrogens is 1. The predicted molar refractivity (Wildman–Crippen MR) is 83.7 cm³/mol. The zero-order valence-corrected chi connectivity index (χ0v) is 12.0. The number of para-hydroxylation sites is 1. The number of hydrogen-bond donors (Lipinski definition) is 1. The van der Waals surface area contributed by atoms with E-state index in [1.165, 1.54) is 23.8 Å². The van der Waals surface area contributed by atoms with Crippen LogP contribution in [0, 0.1) is 6.92 Å². The second kappa shape index (κ2) is 5.66. The number of nitrogens with one attached hydrogen (secondary N) is 1. The highest BCUT2D eigenvalue weighted by Gasteiger charge is 2.14. The third kappa shape index (κ3) is 2.55. The summed E-state index contributed by atoms with van der Waals surface area (Å²) in [5, 5.41) is 1.22. The smallest absolute Gasteiger partial charge is 0.158 e. The molecule has 2 heteroatoms. The quantitative estimate of drug-likeness (QED) is 0.741. The van der Waals surface area contributed by atoms with Gasteiger partial charge in [0.25, 0.3) is 0 Å². The number of aromatic nitrogens is 1. The molecule has 3 rings (SSSR count). The molecule has 20 heavy (non-hydrogen) atoms. The van der Waals surface area contributed by atoms with Crippen LogP contribution in [0.1, 0.15) is 49.8 Å². The number of carbonyl (C=O) groups is 1. The van der Waals surface area contributed by atoms with Crippen LogP contribution in [0.25, 0.3) is 17.0 Å². The zero-order valence-electron chi connectivity index (χ0n) is 12.0. The van der Waals surface area contributed by atoms with E-state index in [0.29, 0.717) is 12.2 Å². The van der Waals surface area contributed by atoms with Gasteiger partial charge < -0.3 is 4.98 Å². The van der Waals surface area contributed by atoms with Crippen molar-refractivity contribution in [2.24, 2.45) is 0 Å². The number of allylic oxidation sites excluding steroid dienone is 1. The van der Waals surface area contributed by atoms with Crippen molar-refractivity contribution in [1.29, 1.82) is 0 Å². The number of hydrogen-bond acceptors (Lipinski definition) is 1. The summed E-state index contributed by atoms with van der Waals surface area (Å²) in [6.45, 7) is 2.08. The summed E-state index contributed by atoms with van der Waals surface area (Å²) in [6, 6.07) is 8.30. The lowest BCUT2D eigenvalue weighted by molar-refractivity contribution is -0.115. The lowest BCUT2D eigenvalue weighted by atomic mass is 9.93. The van der Waals surface area contributed by atoms with Gasteiger partial charge in [0.2, 0.25) is 0 Å². The minimum absolute atomic E-state index is 0.342. The summed E-state index contributed by atoms with van der Waals surface area (Å²) in [7, 11) is 0. The Bertz CT molecular complexity index is 663. The molecule has 1 N–H and O–H groups in total. The van der Waals surface area contributed by atoms with Crippen LogP contribution in [0.5, 0.6) is 0 Å². The molecule has 1 aliphatic carbocycles. The molecule has 2 aromatic rings. The van der Waals surface area contributed by atoms with Crippen LogP contribution in [-0.4, -0.2) is 10.8 Å². The molecule has 0 radical (unpaired) electrons. The molecule has 0 unspecified atom stereocenters. The van der Waals surface area contributed by atoms with Gasteiger partial charge in [0.15, 0.2) is 5.78 Å². The van der Waals surface area contributed by atoms with Crippen molar-refractivity contribution in [3.63, 3.8) is 0 Å². The van der Waals surface area contributed by atoms with Crippen molar-refractivity contribution in [1.82, 2.24) is 4.98 Å². The van der Waals surface area contributed by atoms with Gasteiger partial charge in [-0.05, 0) is 43.9 Å². The van der Waals surface area contributed by atoms with Gasteiger partial charge in [-0.3, -0.25) is 4.79 Å². The summed E-state index contributed by atoms with van der Waals surface area (Å²) in [5.41, 5.74) is 4.49. The van der Waals surface area contributed by atoms with E-state index in [4.69, 9.17) is 0 Å². The number of ketones is 1. The Balaban J connectivity index is 2.03. The van der Waals surface area contributed by atoms with E-state index in [2.05, 4.69) is 36.2 Å². The van der Waals surface area contributed by atoms with E-state index in [-0.39, 0.29) is 0 Å². The standard InChI is InChI=1S/C18H21NO/c1-13-16(15-9-6-7-10-17(15)19-13)12-14-8-4-2-3-5-11-18(14)20/h6-7,9-10,12,19H,2-5,8,11H2,1H3. The number of aryl methyl sites for hydroxylation is 1. The Morgan fingerprint density at radius 1 is 1.05 bits per heavy atom. The fourth-order valence-corrected chi connectivity index (χ4v) is 3.07. The Hall–Kier alpha value is -1.83. The Kier molecular flexibility index (Phi) is 3.72. The normalized spacial score (nSPS) is 19.2. The number of fused-ring (bicyclic) bond motifs is 1. The summed E-state index contributed by atoms with van der Waals surface area (Å²) in [5.74, 6) is 0.342. The number of benzene rings is 1. The highest BCUT2D eigenvalue weighted by atomic mass is 16.1. The largest absolute Gasteiger partial charge is 0.358 e. The second-order valence-electron chi connectivity index (χ2n) is 5.72. The Morgan fingerprint density at radius 3 is 2.65 bits per heavy atom. The van der Waals surface area contributed by atoms with Crippen molar-refractivity contribution < 1.29 is 4.79 Å². The third-order valence-corrected chi connectivity index (χ3v) is 4.22. The van der Waals surface area contributed by atoms with Crippen molar-refractivity contribution in [3.05, 3.63) is 41.1 Å². The molecule has 0 atom stereocenters. The molecule has 104 valence electrons. The molecular formula is C18H21NO. The summed E-state index contributed by atoms with van der Waals surface area (Å²) < 4.78 is 0. The van der Waals surface area contributed by atoms with Gasteiger partial charge in [0.05, 0.1) is 0 Å². The van der Waals surface area contributed by atoms with E-state index in [1.54, 1.807) is 0 Å².